The monoisotopic (exact) mass is 610 g/mol. The molecule has 0 aliphatic carbocycles. The first kappa shape index (κ1) is 25.8. The molecule has 0 aliphatic heterocycles. The molecule has 0 saturated heterocycles. The normalized spacial score (nSPS) is 12.2. The fraction of sp³-hybridized carbons (Fsp3) is 0. The minimum absolute atomic E-state index is 0.860. The summed E-state index contributed by atoms with van der Waals surface area (Å²) in [5.41, 5.74) is 8.31. The van der Waals surface area contributed by atoms with E-state index in [0.29, 0.717) is 0 Å². The molecule has 9 aromatic carbocycles. The predicted octanol–water partition coefficient (Wildman–Crippen LogP) is 13.4. The first-order valence-corrected chi connectivity index (χ1v) is 16.4. The van der Waals surface area contributed by atoms with E-state index in [1.807, 2.05) is 12.1 Å². The summed E-state index contributed by atoms with van der Waals surface area (Å²) in [4.78, 5) is 0. The highest BCUT2D eigenvalue weighted by Crippen LogP contribution is 2.45. The van der Waals surface area contributed by atoms with Crippen LogP contribution in [0.5, 0.6) is 0 Å². The largest absolute Gasteiger partial charge is 0.455 e. The zero-order valence-electron chi connectivity index (χ0n) is 25.8. The maximum atomic E-state index is 6.69. The molecule has 48 heavy (non-hydrogen) atoms. The van der Waals surface area contributed by atoms with Crippen LogP contribution in [0.2, 0.25) is 0 Å². The lowest BCUT2D eigenvalue weighted by Crippen LogP contribution is -1.86. The van der Waals surface area contributed by atoms with Gasteiger partial charge in [-0.25, -0.2) is 0 Å². The molecule has 2 nitrogen and oxygen atoms in total. The topological polar surface area (TPSA) is 26.3 Å². The second-order valence-corrected chi connectivity index (χ2v) is 12.8. The van der Waals surface area contributed by atoms with Crippen LogP contribution in [-0.2, 0) is 0 Å². The number of para-hydroxylation sites is 1. The molecule has 0 fully saturated rings. The third-order valence-corrected chi connectivity index (χ3v) is 10.2. The molecule has 0 bridgehead atoms. The van der Waals surface area contributed by atoms with Crippen LogP contribution in [0.25, 0.3) is 109 Å². The van der Waals surface area contributed by atoms with Crippen molar-refractivity contribution in [1.82, 2.24) is 0 Å². The van der Waals surface area contributed by atoms with Gasteiger partial charge in [0.2, 0.25) is 0 Å². The van der Waals surface area contributed by atoms with Crippen LogP contribution >= 0.6 is 0 Å². The summed E-state index contributed by atoms with van der Waals surface area (Å²) in [7, 11) is 0. The van der Waals surface area contributed by atoms with Crippen LogP contribution in [-0.4, -0.2) is 0 Å². The molecule has 11 aromatic rings. The van der Waals surface area contributed by atoms with Crippen LogP contribution in [0.4, 0.5) is 0 Å². The highest BCUT2D eigenvalue weighted by Gasteiger charge is 2.21. The Morgan fingerprint density at radius 2 is 0.833 bits per heavy atom. The summed E-state index contributed by atoms with van der Waals surface area (Å²) in [5.74, 6) is 0. The molecule has 0 N–H and O–H groups in total. The van der Waals surface area contributed by atoms with Crippen molar-refractivity contribution >= 4 is 87.0 Å². The number of fused-ring (bicyclic) bond motifs is 13. The minimum Gasteiger partial charge on any atom is -0.455 e. The summed E-state index contributed by atoms with van der Waals surface area (Å²) < 4.78 is 13.2. The van der Waals surface area contributed by atoms with Gasteiger partial charge in [0.15, 0.2) is 0 Å². The minimum atomic E-state index is 0.860. The van der Waals surface area contributed by atoms with Gasteiger partial charge in [0.1, 0.15) is 22.3 Å². The first-order chi connectivity index (χ1) is 23.8. The molecular weight excluding hydrogens is 585 g/mol. The highest BCUT2D eigenvalue weighted by atomic mass is 16.3. The van der Waals surface area contributed by atoms with Gasteiger partial charge in [0.05, 0.1) is 5.39 Å². The van der Waals surface area contributed by atoms with Crippen molar-refractivity contribution in [1.29, 1.82) is 0 Å². The molecule has 0 amide bonds. The molecule has 0 radical (unpaired) electrons. The van der Waals surface area contributed by atoms with E-state index >= 15 is 0 Å². The van der Waals surface area contributed by atoms with Crippen molar-refractivity contribution in [3.63, 3.8) is 0 Å². The summed E-state index contributed by atoms with van der Waals surface area (Å²) in [6.07, 6.45) is 0. The lowest BCUT2D eigenvalue weighted by molar-refractivity contribution is 0.665. The van der Waals surface area contributed by atoms with E-state index in [9.17, 15) is 0 Å². The van der Waals surface area contributed by atoms with E-state index in [-0.39, 0.29) is 0 Å². The average Bonchev–Trinajstić information content (AvgIpc) is 3.72. The van der Waals surface area contributed by atoms with Gasteiger partial charge in [-0.1, -0.05) is 121 Å². The van der Waals surface area contributed by atoms with Crippen LogP contribution < -0.4 is 0 Å². The van der Waals surface area contributed by atoms with E-state index in [1.165, 1.54) is 43.4 Å². The van der Waals surface area contributed by atoms with E-state index < -0.39 is 0 Å². The Labute approximate surface area is 275 Å². The average molecular weight is 611 g/mol. The summed E-state index contributed by atoms with van der Waals surface area (Å²) in [6, 6.07) is 56.7. The van der Waals surface area contributed by atoms with Gasteiger partial charge >= 0.3 is 0 Å². The third kappa shape index (κ3) is 3.57. The van der Waals surface area contributed by atoms with Crippen molar-refractivity contribution in [2.24, 2.45) is 0 Å². The van der Waals surface area contributed by atoms with Gasteiger partial charge in [-0.15, -0.1) is 0 Å². The van der Waals surface area contributed by atoms with E-state index in [1.54, 1.807) is 0 Å². The van der Waals surface area contributed by atoms with Crippen LogP contribution in [0.3, 0.4) is 0 Å². The Kier molecular flexibility index (Phi) is 5.14. The SMILES string of the molecule is c1ccc2c(-c3ccc4cc(-c5ccc6c(c5)oc5c7ccccc7c7c8ccccc8oc7c65)ccc4c3)c3ccccc3cc2c1. The Balaban J connectivity index is 1.07. The summed E-state index contributed by atoms with van der Waals surface area (Å²) >= 11 is 0. The van der Waals surface area contributed by atoms with Crippen LogP contribution in [0.15, 0.2) is 167 Å². The van der Waals surface area contributed by atoms with Gasteiger partial charge in [-0.05, 0) is 96.4 Å². The second-order valence-electron chi connectivity index (χ2n) is 12.8. The molecule has 2 aromatic heterocycles. The standard InChI is InChI=1S/C46H26O2/c1-3-11-34-31(9-1)25-32-10-2-4-12-35(32)42(34)33-20-19-27-23-28(17-18-29(27)24-33)30-21-22-39-41(26-30)48-45-37-14-6-5-13-36(37)43-38-15-7-8-16-40(38)47-46(43)44(39)45/h1-26H. The fourth-order valence-electron chi connectivity index (χ4n) is 7.98. The maximum Gasteiger partial charge on any atom is 0.147 e. The van der Waals surface area contributed by atoms with Crippen molar-refractivity contribution in [2.45, 2.75) is 0 Å². The molecule has 0 atom stereocenters. The number of hydrogen-bond acceptors (Lipinski definition) is 2. The molecule has 2 heterocycles. The molecule has 2 heteroatoms. The predicted molar refractivity (Wildman–Crippen MR) is 202 cm³/mol. The Hall–Kier alpha value is -6.38. The zero-order chi connectivity index (χ0) is 31.3. The van der Waals surface area contributed by atoms with Crippen molar-refractivity contribution in [2.75, 3.05) is 0 Å². The van der Waals surface area contributed by atoms with Crippen LogP contribution in [0, 0.1) is 0 Å². The molecule has 11 rings (SSSR count). The summed E-state index contributed by atoms with van der Waals surface area (Å²) in [5, 5.41) is 14.1. The van der Waals surface area contributed by atoms with Crippen molar-refractivity contribution in [3.05, 3.63) is 158 Å². The van der Waals surface area contributed by atoms with E-state index in [4.69, 9.17) is 8.83 Å². The summed E-state index contributed by atoms with van der Waals surface area (Å²) in [6.45, 7) is 0. The molecule has 222 valence electrons. The van der Waals surface area contributed by atoms with Gasteiger partial charge in [-0.3, -0.25) is 0 Å². The highest BCUT2D eigenvalue weighted by molar-refractivity contribution is 6.33. The van der Waals surface area contributed by atoms with Gasteiger partial charge in [-0.2, -0.15) is 0 Å². The van der Waals surface area contributed by atoms with Crippen molar-refractivity contribution < 1.29 is 8.83 Å². The van der Waals surface area contributed by atoms with Gasteiger partial charge in [0.25, 0.3) is 0 Å². The fourth-order valence-corrected chi connectivity index (χ4v) is 7.98. The molecule has 0 spiro atoms. The first-order valence-electron chi connectivity index (χ1n) is 16.4. The second kappa shape index (κ2) is 9.57. The number of rotatable bonds is 2. The maximum absolute atomic E-state index is 6.69. The van der Waals surface area contributed by atoms with Gasteiger partial charge < -0.3 is 8.83 Å². The van der Waals surface area contributed by atoms with Crippen LogP contribution in [0.1, 0.15) is 0 Å². The molecule has 0 aliphatic rings. The third-order valence-electron chi connectivity index (χ3n) is 10.2. The molecular formula is C46H26O2. The number of benzene rings is 9. The lowest BCUT2D eigenvalue weighted by atomic mass is 9.90. The number of hydrogen-bond donors (Lipinski definition) is 0. The lowest BCUT2D eigenvalue weighted by Gasteiger charge is -2.13. The smallest absolute Gasteiger partial charge is 0.147 e. The quantitative estimate of drug-likeness (QED) is 0.182. The van der Waals surface area contributed by atoms with E-state index in [2.05, 4.69) is 146 Å². The zero-order valence-corrected chi connectivity index (χ0v) is 25.8. The molecule has 0 unspecified atom stereocenters. The van der Waals surface area contributed by atoms with E-state index in [0.717, 1.165) is 65.8 Å². The Morgan fingerprint density at radius 3 is 1.60 bits per heavy atom. The Morgan fingerprint density at radius 1 is 0.292 bits per heavy atom. The molecule has 0 saturated carbocycles. The number of furan rings is 2. The van der Waals surface area contributed by atoms with Crippen molar-refractivity contribution in [3.8, 4) is 22.3 Å². The Bertz CT molecular complexity index is 3070. The van der Waals surface area contributed by atoms with Gasteiger partial charge in [0, 0.05) is 21.5 Å².